The van der Waals surface area contributed by atoms with Crippen LogP contribution >= 0.6 is 7.60 Å². The van der Waals surface area contributed by atoms with Gasteiger partial charge < -0.3 is 14.2 Å². The molecule has 0 unspecified atom stereocenters. The minimum Gasteiger partial charge on any atom is -0.423 e. The quantitative estimate of drug-likeness (QED) is 0.643. The maximum atomic E-state index is 11.4. The van der Waals surface area contributed by atoms with E-state index in [1.165, 1.54) is 0 Å². The molecule has 1 heterocycles. The second-order valence-electron chi connectivity index (χ2n) is 4.35. The number of rotatable bonds is 2. The maximum Gasteiger partial charge on any atom is 0.336 e. The summed E-state index contributed by atoms with van der Waals surface area (Å²) in [7, 11) is -4.22. The number of aryl methyl sites for hydroxylation is 2. The molecule has 2 aromatic rings. The van der Waals surface area contributed by atoms with Gasteiger partial charge in [0.05, 0.1) is 6.16 Å². The van der Waals surface area contributed by atoms with E-state index >= 15 is 0 Å². The average Bonchev–Trinajstić information content (AvgIpc) is 2.18. The molecule has 1 aromatic carbocycles. The Labute approximate surface area is 103 Å². The first-order valence-corrected chi connectivity index (χ1v) is 7.14. The minimum atomic E-state index is -4.22. The van der Waals surface area contributed by atoms with E-state index in [0.717, 1.165) is 17.2 Å². The molecule has 18 heavy (non-hydrogen) atoms. The zero-order chi connectivity index (χ0) is 13.5. The van der Waals surface area contributed by atoms with Crippen LogP contribution in [0.15, 0.2) is 27.4 Å². The number of benzene rings is 1. The van der Waals surface area contributed by atoms with Crippen molar-refractivity contribution in [1.82, 2.24) is 0 Å². The smallest absolute Gasteiger partial charge is 0.336 e. The van der Waals surface area contributed by atoms with Crippen LogP contribution in [0.5, 0.6) is 0 Å². The van der Waals surface area contributed by atoms with Crippen LogP contribution in [0.1, 0.15) is 16.7 Å². The van der Waals surface area contributed by atoms with E-state index in [0.29, 0.717) is 16.5 Å². The van der Waals surface area contributed by atoms with Gasteiger partial charge in [-0.15, -0.1) is 0 Å². The molecule has 2 rings (SSSR count). The zero-order valence-electron chi connectivity index (χ0n) is 10.0. The van der Waals surface area contributed by atoms with Crippen molar-refractivity contribution in [2.45, 2.75) is 20.0 Å². The Bertz CT molecular complexity index is 710. The van der Waals surface area contributed by atoms with Crippen molar-refractivity contribution in [1.29, 1.82) is 0 Å². The van der Waals surface area contributed by atoms with Gasteiger partial charge in [0, 0.05) is 11.5 Å². The summed E-state index contributed by atoms with van der Waals surface area (Å²) in [6.45, 7) is 3.77. The summed E-state index contributed by atoms with van der Waals surface area (Å²) in [6, 6.07) is 4.62. The van der Waals surface area contributed by atoms with Crippen LogP contribution in [-0.4, -0.2) is 9.79 Å². The summed E-state index contributed by atoms with van der Waals surface area (Å²) in [5.74, 6) is 0. The van der Waals surface area contributed by atoms with Gasteiger partial charge in [-0.25, -0.2) is 4.79 Å². The third-order valence-electron chi connectivity index (χ3n) is 2.82. The molecule has 96 valence electrons. The fourth-order valence-electron chi connectivity index (χ4n) is 1.84. The van der Waals surface area contributed by atoms with Crippen LogP contribution in [0.4, 0.5) is 0 Å². The zero-order valence-corrected chi connectivity index (χ0v) is 10.9. The summed E-state index contributed by atoms with van der Waals surface area (Å²) in [6.07, 6.45) is -0.461. The van der Waals surface area contributed by atoms with Crippen LogP contribution in [0, 0.1) is 13.8 Å². The molecule has 6 heteroatoms. The van der Waals surface area contributed by atoms with E-state index in [1.807, 2.05) is 13.8 Å². The molecule has 0 saturated heterocycles. The van der Waals surface area contributed by atoms with Gasteiger partial charge in [-0.05, 0) is 42.7 Å². The molecule has 0 spiro atoms. The molecule has 2 N–H and O–H groups in total. The van der Waals surface area contributed by atoms with Crippen molar-refractivity contribution < 1.29 is 18.8 Å². The lowest BCUT2D eigenvalue weighted by atomic mass is 10.0. The van der Waals surface area contributed by atoms with Gasteiger partial charge in [-0.3, -0.25) is 4.57 Å². The number of hydrogen-bond acceptors (Lipinski definition) is 3. The van der Waals surface area contributed by atoms with Crippen LogP contribution in [0.2, 0.25) is 0 Å². The lowest BCUT2D eigenvalue weighted by Gasteiger charge is -2.09. The van der Waals surface area contributed by atoms with E-state index < -0.39 is 19.4 Å². The molecule has 0 aliphatic heterocycles. The molecule has 0 bridgehead atoms. The third kappa shape index (κ3) is 2.70. The van der Waals surface area contributed by atoms with Gasteiger partial charge in [-0.2, -0.15) is 0 Å². The lowest BCUT2D eigenvalue weighted by molar-refractivity contribution is 0.372. The molecule has 5 nitrogen and oxygen atoms in total. The Kier molecular flexibility index (Phi) is 3.15. The van der Waals surface area contributed by atoms with Crippen molar-refractivity contribution in [3.63, 3.8) is 0 Å². The highest BCUT2D eigenvalue weighted by atomic mass is 31.2. The second-order valence-corrected chi connectivity index (χ2v) is 5.99. The Morgan fingerprint density at radius 3 is 2.39 bits per heavy atom. The largest absolute Gasteiger partial charge is 0.423 e. The summed E-state index contributed by atoms with van der Waals surface area (Å²) in [5, 5.41) is 0.570. The monoisotopic (exact) mass is 268 g/mol. The van der Waals surface area contributed by atoms with Crippen molar-refractivity contribution in [2.75, 3.05) is 0 Å². The highest BCUT2D eigenvalue weighted by Crippen LogP contribution is 2.40. The molecule has 0 atom stereocenters. The van der Waals surface area contributed by atoms with E-state index in [2.05, 4.69) is 0 Å². The molecule has 0 amide bonds. The molecule has 0 aliphatic carbocycles. The molecule has 0 saturated carbocycles. The fraction of sp³-hybridized carbons (Fsp3) is 0.250. The fourth-order valence-corrected chi connectivity index (χ4v) is 2.54. The third-order valence-corrected chi connectivity index (χ3v) is 3.57. The number of hydrogen-bond donors (Lipinski definition) is 2. The predicted octanol–water partition coefficient (Wildman–Crippen LogP) is 2.09. The topological polar surface area (TPSA) is 87.7 Å². The first-order chi connectivity index (χ1) is 8.26. The second kappa shape index (κ2) is 4.35. The molecule has 0 radical (unpaired) electrons. The molecule has 0 aliphatic rings. The summed E-state index contributed by atoms with van der Waals surface area (Å²) in [5.41, 5.74) is 2.00. The van der Waals surface area contributed by atoms with Gasteiger partial charge in [-0.1, -0.05) is 0 Å². The van der Waals surface area contributed by atoms with Crippen molar-refractivity contribution in [3.05, 3.63) is 45.3 Å². The van der Waals surface area contributed by atoms with Crippen LogP contribution < -0.4 is 5.63 Å². The Hall–Kier alpha value is -1.42. The first kappa shape index (κ1) is 13.0. The summed E-state index contributed by atoms with van der Waals surface area (Å²) < 4.78 is 16.1. The van der Waals surface area contributed by atoms with Gasteiger partial charge in [0.1, 0.15) is 5.58 Å². The first-order valence-electron chi connectivity index (χ1n) is 5.35. The summed E-state index contributed by atoms with van der Waals surface area (Å²) >= 11 is 0. The van der Waals surface area contributed by atoms with Gasteiger partial charge >= 0.3 is 13.2 Å². The Balaban J connectivity index is 2.76. The van der Waals surface area contributed by atoms with E-state index in [-0.39, 0.29) is 0 Å². The number of fused-ring (bicyclic) bond motifs is 1. The van der Waals surface area contributed by atoms with E-state index in [1.54, 1.807) is 12.1 Å². The Morgan fingerprint density at radius 1 is 1.17 bits per heavy atom. The van der Waals surface area contributed by atoms with Crippen molar-refractivity contribution in [3.8, 4) is 0 Å². The van der Waals surface area contributed by atoms with Crippen LogP contribution in [0.3, 0.4) is 0 Å². The average molecular weight is 268 g/mol. The van der Waals surface area contributed by atoms with Crippen molar-refractivity contribution >= 4 is 18.6 Å². The van der Waals surface area contributed by atoms with Gasteiger partial charge in [0.15, 0.2) is 0 Å². The Morgan fingerprint density at radius 2 is 1.78 bits per heavy atom. The maximum absolute atomic E-state index is 11.4. The minimum absolute atomic E-state index is 0.317. The molecule has 1 aromatic heterocycles. The summed E-state index contributed by atoms with van der Waals surface area (Å²) in [4.78, 5) is 29.4. The predicted molar refractivity (Wildman–Crippen MR) is 67.7 cm³/mol. The van der Waals surface area contributed by atoms with Crippen LogP contribution in [-0.2, 0) is 10.7 Å². The molecule has 0 fully saturated rings. The van der Waals surface area contributed by atoms with Crippen molar-refractivity contribution in [2.24, 2.45) is 0 Å². The van der Waals surface area contributed by atoms with Gasteiger partial charge in [0.2, 0.25) is 0 Å². The van der Waals surface area contributed by atoms with E-state index in [9.17, 15) is 9.36 Å². The normalized spacial score (nSPS) is 12.0. The SMILES string of the molecule is Cc1cc2oc(=O)cc(CP(=O)(O)O)c2cc1C. The van der Waals surface area contributed by atoms with E-state index in [4.69, 9.17) is 14.2 Å². The molecular weight excluding hydrogens is 255 g/mol. The highest BCUT2D eigenvalue weighted by Gasteiger charge is 2.18. The lowest BCUT2D eigenvalue weighted by Crippen LogP contribution is -2.02. The molecular formula is C12H13O5P. The highest BCUT2D eigenvalue weighted by molar-refractivity contribution is 7.50. The van der Waals surface area contributed by atoms with Crippen LogP contribution in [0.25, 0.3) is 11.0 Å². The van der Waals surface area contributed by atoms with Gasteiger partial charge in [0.25, 0.3) is 0 Å². The standard InChI is InChI=1S/C12H13O5P/c1-7-3-10-9(6-18(14,15)16)5-12(13)17-11(10)4-8(7)2/h3-5H,6H2,1-2H3,(H2,14,15,16).